The standard InChI is InChI=1S/C12H10Br2N2O/c13-8-5-10(14)12(16-7-8)11(17)6-9-3-1-2-4-15-9/h1-5,7,11,17H,6H2. The average Bonchev–Trinajstić information content (AvgIpc) is 2.30. The van der Waals surface area contributed by atoms with E-state index in [2.05, 4.69) is 41.8 Å². The lowest BCUT2D eigenvalue weighted by Gasteiger charge is -2.11. The van der Waals surface area contributed by atoms with Crippen LogP contribution in [0, 0.1) is 0 Å². The van der Waals surface area contributed by atoms with Crippen LogP contribution in [0.15, 0.2) is 45.6 Å². The Hall–Kier alpha value is -0.780. The van der Waals surface area contributed by atoms with E-state index < -0.39 is 6.10 Å². The quantitative estimate of drug-likeness (QED) is 0.916. The molecule has 0 aliphatic rings. The van der Waals surface area contributed by atoms with Crippen molar-refractivity contribution in [2.24, 2.45) is 0 Å². The van der Waals surface area contributed by atoms with Gasteiger partial charge in [0.2, 0.25) is 0 Å². The van der Waals surface area contributed by atoms with E-state index in [0.29, 0.717) is 12.1 Å². The van der Waals surface area contributed by atoms with Gasteiger partial charge in [0.1, 0.15) is 6.10 Å². The lowest BCUT2D eigenvalue weighted by Crippen LogP contribution is -2.06. The number of aromatic nitrogens is 2. The van der Waals surface area contributed by atoms with Gasteiger partial charge in [-0.1, -0.05) is 6.07 Å². The van der Waals surface area contributed by atoms with Gasteiger partial charge in [0.15, 0.2) is 0 Å². The molecule has 0 fully saturated rings. The van der Waals surface area contributed by atoms with Gasteiger partial charge >= 0.3 is 0 Å². The molecule has 0 radical (unpaired) electrons. The van der Waals surface area contributed by atoms with Gasteiger partial charge in [0.25, 0.3) is 0 Å². The molecule has 0 amide bonds. The summed E-state index contributed by atoms with van der Waals surface area (Å²) in [5.74, 6) is 0. The third kappa shape index (κ3) is 3.34. The second kappa shape index (κ2) is 5.71. The number of hydrogen-bond donors (Lipinski definition) is 1. The first kappa shape index (κ1) is 12.7. The van der Waals surface area contributed by atoms with Gasteiger partial charge in [-0.3, -0.25) is 9.97 Å². The maximum absolute atomic E-state index is 10.1. The number of pyridine rings is 2. The highest BCUT2D eigenvalue weighted by Crippen LogP contribution is 2.26. The minimum Gasteiger partial charge on any atom is -0.386 e. The summed E-state index contributed by atoms with van der Waals surface area (Å²) in [7, 11) is 0. The fraction of sp³-hybridized carbons (Fsp3) is 0.167. The van der Waals surface area contributed by atoms with Crippen molar-refractivity contribution in [2.75, 3.05) is 0 Å². The maximum atomic E-state index is 10.1. The van der Waals surface area contributed by atoms with Crippen molar-refractivity contribution in [2.45, 2.75) is 12.5 Å². The zero-order chi connectivity index (χ0) is 12.3. The highest BCUT2D eigenvalue weighted by atomic mass is 79.9. The van der Waals surface area contributed by atoms with E-state index in [1.54, 1.807) is 12.4 Å². The third-order valence-electron chi connectivity index (χ3n) is 2.28. The fourth-order valence-electron chi connectivity index (χ4n) is 1.48. The molecule has 1 N–H and O–H groups in total. The molecule has 0 bridgehead atoms. The van der Waals surface area contributed by atoms with Crippen LogP contribution in [0.5, 0.6) is 0 Å². The third-order valence-corrected chi connectivity index (χ3v) is 3.35. The second-order valence-electron chi connectivity index (χ2n) is 3.56. The van der Waals surface area contributed by atoms with E-state index in [9.17, 15) is 5.11 Å². The Morgan fingerprint density at radius 1 is 1.24 bits per heavy atom. The Bertz CT molecular complexity index is 505. The molecule has 2 rings (SSSR count). The van der Waals surface area contributed by atoms with Crippen molar-refractivity contribution < 1.29 is 5.11 Å². The Morgan fingerprint density at radius 3 is 2.71 bits per heavy atom. The van der Waals surface area contributed by atoms with Crippen LogP contribution >= 0.6 is 31.9 Å². The van der Waals surface area contributed by atoms with Crippen molar-refractivity contribution in [3.8, 4) is 0 Å². The zero-order valence-electron chi connectivity index (χ0n) is 8.85. The first-order valence-corrected chi connectivity index (χ1v) is 6.64. The first-order valence-electron chi connectivity index (χ1n) is 5.05. The highest BCUT2D eigenvalue weighted by molar-refractivity contribution is 9.11. The summed E-state index contributed by atoms with van der Waals surface area (Å²) in [6, 6.07) is 7.50. The van der Waals surface area contributed by atoms with Crippen LogP contribution in [-0.2, 0) is 6.42 Å². The van der Waals surface area contributed by atoms with E-state index >= 15 is 0 Å². The van der Waals surface area contributed by atoms with Crippen LogP contribution in [0.4, 0.5) is 0 Å². The molecule has 2 aromatic heterocycles. The van der Waals surface area contributed by atoms with E-state index in [4.69, 9.17) is 0 Å². The Morgan fingerprint density at radius 2 is 2.06 bits per heavy atom. The minimum absolute atomic E-state index is 0.452. The summed E-state index contributed by atoms with van der Waals surface area (Å²) >= 11 is 6.71. The molecule has 5 heteroatoms. The van der Waals surface area contributed by atoms with Crippen LogP contribution in [0.25, 0.3) is 0 Å². The summed E-state index contributed by atoms with van der Waals surface area (Å²) in [6.07, 6.45) is 3.18. The molecular formula is C12H10Br2N2O. The lowest BCUT2D eigenvalue weighted by molar-refractivity contribution is 0.171. The Balaban J connectivity index is 2.17. The van der Waals surface area contributed by atoms with Crippen molar-refractivity contribution >= 4 is 31.9 Å². The number of nitrogens with zero attached hydrogens (tertiary/aromatic N) is 2. The van der Waals surface area contributed by atoms with Crippen LogP contribution in [0.2, 0.25) is 0 Å². The predicted molar refractivity (Wildman–Crippen MR) is 72.5 cm³/mol. The van der Waals surface area contributed by atoms with Gasteiger partial charge in [0.05, 0.1) is 5.69 Å². The smallest absolute Gasteiger partial charge is 0.103 e. The number of rotatable bonds is 3. The number of aliphatic hydroxyl groups is 1. The molecule has 0 aliphatic heterocycles. The molecule has 3 nitrogen and oxygen atoms in total. The lowest BCUT2D eigenvalue weighted by atomic mass is 10.1. The molecular weight excluding hydrogens is 348 g/mol. The minimum atomic E-state index is -0.660. The van der Waals surface area contributed by atoms with E-state index in [-0.39, 0.29) is 0 Å². The average molecular weight is 358 g/mol. The first-order chi connectivity index (χ1) is 8.16. The van der Waals surface area contributed by atoms with Crippen molar-refractivity contribution in [1.29, 1.82) is 0 Å². The maximum Gasteiger partial charge on any atom is 0.103 e. The van der Waals surface area contributed by atoms with Gasteiger partial charge in [-0.2, -0.15) is 0 Å². The number of hydrogen-bond acceptors (Lipinski definition) is 3. The molecule has 88 valence electrons. The molecule has 1 unspecified atom stereocenters. The summed E-state index contributed by atoms with van der Waals surface area (Å²) in [5, 5.41) is 10.1. The fourth-order valence-corrected chi connectivity index (χ4v) is 2.74. The van der Waals surface area contributed by atoms with Crippen molar-refractivity contribution in [3.05, 3.63) is 57.0 Å². The van der Waals surface area contributed by atoms with Gasteiger partial charge in [-0.15, -0.1) is 0 Å². The van der Waals surface area contributed by atoms with Crippen molar-refractivity contribution in [1.82, 2.24) is 9.97 Å². The van der Waals surface area contributed by atoms with Gasteiger partial charge in [-0.05, 0) is 50.1 Å². The van der Waals surface area contributed by atoms with Gasteiger partial charge in [0, 0.05) is 33.5 Å². The van der Waals surface area contributed by atoms with Crippen LogP contribution in [-0.4, -0.2) is 15.1 Å². The largest absolute Gasteiger partial charge is 0.386 e. The molecule has 0 aromatic carbocycles. The summed E-state index contributed by atoms with van der Waals surface area (Å²) in [6.45, 7) is 0. The number of aliphatic hydroxyl groups excluding tert-OH is 1. The monoisotopic (exact) mass is 356 g/mol. The number of halogens is 2. The van der Waals surface area contributed by atoms with Crippen LogP contribution in [0.3, 0.4) is 0 Å². The molecule has 2 aromatic rings. The second-order valence-corrected chi connectivity index (χ2v) is 5.33. The Kier molecular flexibility index (Phi) is 4.25. The summed E-state index contributed by atoms with van der Waals surface area (Å²) < 4.78 is 1.66. The van der Waals surface area contributed by atoms with Gasteiger partial charge in [-0.25, -0.2) is 0 Å². The predicted octanol–water partition coefficient (Wildman–Crippen LogP) is 3.28. The topological polar surface area (TPSA) is 46.0 Å². The Labute approximate surface area is 116 Å². The molecule has 0 spiro atoms. The van der Waals surface area contributed by atoms with Crippen molar-refractivity contribution in [3.63, 3.8) is 0 Å². The van der Waals surface area contributed by atoms with E-state index in [0.717, 1.165) is 14.6 Å². The molecule has 0 aliphatic carbocycles. The van der Waals surface area contributed by atoms with Crippen LogP contribution < -0.4 is 0 Å². The van der Waals surface area contributed by atoms with E-state index in [1.165, 1.54) is 0 Å². The SMILES string of the molecule is OC(Cc1ccccn1)c1ncc(Br)cc1Br. The summed E-state index contributed by atoms with van der Waals surface area (Å²) in [4.78, 5) is 8.38. The molecule has 2 heterocycles. The highest BCUT2D eigenvalue weighted by Gasteiger charge is 2.14. The molecule has 0 saturated heterocycles. The normalized spacial score (nSPS) is 12.4. The molecule has 17 heavy (non-hydrogen) atoms. The van der Waals surface area contributed by atoms with Gasteiger partial charge < -0.3 is 5.11 Å². The molecule has 0 saturated carbocycles. The zero-order valence-corrected chi connectivity index (χ0v) is 12.0. The van der Waals surface area contributed by atoms with E-state index in [1.807, 2.05) is 24.3 Å². The molecule has 1 atom stereocenters. The van der Waals surface area contributed by atoms with Crippen LogP contribution in [0.1, 0.15) is 17.5 Å². The summed E-state index contributed by atoms with van der Waals surface area (Å²) in [5.41, 5.74) is 1.47.